The monoisotopic (exact) mass is 470 g/mol. The lowest BCUT2D eigenvalue weighted by atomic mass is 10.2. The van der Waals surface area contributed by atoms with Gasteiger partial charge in [0.15, 0.2) is 11.6 Å². The molecule has 0 aliphatic heterocycles. The van der Waals surface area contributed by atoms with Gasteiger partial charge in [0.05, 0.1) is 13.7 Å². The molecule has 0 amide bonds. The maximum absolute atomic E-state index is 13.4. The highest BCUT2D eigenvalue weighted by molar-refractivity contribution is 5.87. The first kappa shape index (κ1) is 23.6. The largest absolute Gasteiger partial charge is 0.497 e. The fraction of sp³-hybridized carbons (Fsp3) is 0.111. The molecule has 8 heteroatoms. The van der Waals surface area contributed by atoms with Gasteiger partial charge >= 0.3 is 5.97 Å². The van der Waals surface area contributed by atoms with Crippen molar-refractivity contribution < 1.29 is 18.7 Å². The van der Waals surface area contributed by atoms with Gasteiger partial charge in [-0.05, 0) is 79.2 Å². The van der Waals surface area contributed by atoms with E-state index >= 15 is 0 Å². The Labute approximate surface area is 202 Å². The second-order valence-corrected chi connectivity index (χ2v) is 7.37. The van der Waals surface area contributed by atoms with E-state index in [0.29, 0.717) is 29.8 Å². The Balaban J connectivity index is 1.63. The van der Waals surface area contributed by atoms with Gasteiger partial charge in [-0.1, -0.05) is 12.1 Å². The molecule has 1 N–H and O–H groups in total. The van der Waals surface area contributed by atoms with E-state index in [4.69, 9.17) is 9.47 Å². The van der Waals surface area contributed by atoms with Crippen LogP contribution in [0.2, 0.25) is 0 Å². The highest BCUT2D eigenvalue weighted by Crippen LogP contribution is 2.25. The Morgan fingerprint density at radius 1 is 0.886 bits per heavy atom. The molecule has 7 nitrogen and oxygen atoms in total. The van der Waals surface area contributed by atoms with E-state index in [2.05, 4.69) is 20.3 Å². The van der Waals surface area contributed by atoms with Crippen LogP contribution in [0.5, 0.6) is 5.75 Å². The zero-order chi connectivity index (χ0) is 24.6. The zero-order valence-electron chi connectivity index (χ0n) is 19.2. The summed E-state index contributed by atoms with van der Waals surface area (Å²) < 4.78 is 23.6. The molecule has 176 valence electrons. The Morgan fingerprint density at radius 3 is 2.06 bits per heavy atom. The van der Waals surface area contributed by atoms with E-state index < -0.39 is 0 Å². The maximum atomic E-state index is 13.4. The number of hydrogen-bond acceptors (Lipinski definition) is 7. The first-order chi connectivity index (χ1) is 17.0. The predicted octanol–water partition coefficient (Wildman–Crippen LogP) is 5.67. The minimum atomic E-state index is -0.390. The maximum Gasteiger partial charge on any atom is 0.330 e. The molecule has 3 aromatic carbocycles. The van der Waals surface area contributed by atoms with Crippen molar-refractivity contribution in [1.29, 1.82) is 0 Å². The Bertz CT molecular complexity index is 1320. The topological polar surface area (TPSA) is 86.2 Å². The van der Waals surface area contributed by atoms with Crippen molar-refractivity contribution in [2.75, 3.05) is 19.0 Å². The molecule has 35 heavy (non-hydrogen) atoms. The first-order valence-corrected chi connectivity index (χ1v) is 10.9. The SMILES string of the molecule is CCOC(=O)/C=C/c1ccc(Nc2nc(-c3ccc(F)cc3)nc(-c3ccc(OC)cc3)n2)cc1. The normalized spacial score (nSPS) is 10.8. The van der Waals surface area contributed by atoms with Crippen molar-refractivity contribution in [3.05, 3.63) is 90.3 Å². The second-order valence-electron chi connectivity index (χ2n) is 7.37. The van der Waals surface area contributed by atoms with Crippen LogP contribution < -0.4 is 10.1 Å². The van der Waals surface area contributed by atoms with Crippen molar-refractivity contribution >= 4 is 23.7 Å². The van der Waals surface area contributed by atoms with Crippen LogP contribution in [-0.2, 0) is 9.53 Å². The first-order valence-electron chi connectivity index (χ1n) is 10.9. The summed E-state index contributed by atoms with van der Waals surface area (Å²) in [5, 5.41) is 3.19. The van der Waals surface area contributed by atoms with Crippen LogP contribution in [0.3, 0.4) is 0 Å². The third kappa shape index (κ3) is 6.26. The molecule has 0 fully saturated rings. The van der Waals surface area contributed by atoms with E-state index in [0.717, 1.165) is 22.6 Å². The van der Waals surface area contributed by atoms with E-state index in [-0.39, 0.29) is 11.8 Å². The fourth-order valence-corrected chi connectivity index (χ4v) is 3.19. The van der Waals surface area contributed by atoms with E-state index in [9.17, 15) is 9.18 Å². The number of carbonyl (C=O) groups excluding carboxylic acids is 1. The summed E-state index contributed by atoms with van der Waals surface area (Å²) in [4.78, 5) is 25.2. The van der Waals surface area contributed by atoms with Crippen LogP contribution in [-0.4, -0.2) is 34.6 Å². The number of carbonyl (C=O) groups is 1. The van der Waals surface area contributed by atoms with E-state index in [1.165, 1.54) is 18.2 Å². The van der Waals surface area contributed by atoms with Crippen molar-refractivity contribution in [2.24, 2.45) is 0 Å². The predicted molar refractivity (Wildman–Crippen MR) is 133 cm³/mol. The summed E-state index contributed by atoms with van der Waals surface area (Å²) in [6.45, 7) is 2.09. The summed E-state index contributed by atoms with van der Waals surface area (Å²) in [5.41, 5.74) is 3.02. The number of aromatic nitrogens is 3. The molecule has 0 aliphatic carbocycles. The van der Waals surface area contributed by atoms with Crippen LogP contribution in [0.15, 0.2) is 78.9 Å². The number of ether oxygens (including phenoxy) is 2. The van der Waals surface area contributed by atoms with Crippen LogP contribution in [0.1, 0.15) is 12.5 Å². The molecule has 0 spiro atoms. The van der Waals surface area contributed by atoms with Gasteiger partial charge in [-0.25, -0.2) is 14.2 Å². The van der Waals surface area contributed by atoms with Crippen LogP contribution >= 0.6 is 0 Å². The number of methoxy groups -OCH3 is 1. The summed E-state index contributed by atoms with van der Waals surface area (Å²) in [5.74, 6) is 1.19. The number of rotatable bonds is 8. The summed E-state index contributed by atoms with van der Waals surface area (Å²) in [6, 6.07) is 20.7. The number of nitrogens with one attached hydrogen (secondary N) is 1. The Hall–Kier alpha value is -4.59. The number of halogens is 1. The summed E-state index contributed by atoms with van der Waals surface area (Å²) >= 11 is 0. The Morgan fingerprint density at radius 2 is 1.49 bits per heavy atom. The lowest BCUT2D eigenvalue weighted by molar-refractivity contribution is -0.137. The van der Waals surface area contributed by atoms with Crippen LogP contribution in [0, 0.1) is 5.82 Å². The zero-order valence-corrected chi connectivity index (χ0v) is 19.2. The van der Waals surface area contributed by atoms with Gasteiger partial charge in [0.2, 0.25) is 5.95 Å². The molecular formula is C27H23FN4O3. The number of nitrogens with zero attached hydrogens (tertiary/aromatic N) is 3. The molecule has 0 saturated heterocycles. The molecule has 0 atom stereocenters. The number of anilines is 2. The van der Waals surface area contributed by atoms with Crippen molar-refractivity contribution in [3.8, 4) is 28.5 Å². The molecule has 4 aromatic rings. The minimum absolute atomic E-state index is 0.330. The minimum Gasteiger partial charge on any atom is -0.497 e. The number of esters is 1. The average Bonchev–Trinajstić information content (AvgIpc) is 2.89. The molecule has 0 saturated carbocycles. The Kier molecular flexibility index (Phi) is 7.42. The van der Waals surface area contributed by atoms with Gasteiger partial charge in [-0.3, -0.25) is 0 Å². The molecule has 0 radical (unpaired) electrons. The molecular weight excluding hydrogens is 447 g/mol. The summed E-state index contributed by atoms with van der Waals surface area (Å²) in [7, 11) is 1.60. The third-order valence-corrected chi connectivity index (χ3v) is 4.95. The lowest BCUT2D eigenvalue weighted by Crippen LogP contribution is -2.03. The molecule has 1 heterocycles. The molecule has 0 unspecified atom stereocenters. The lowest BCUT2D eigenvalue weighted by Gasteiger charge is -2.10. The van der Waals surface area contributed by atoms with Gasteiger partial charge in [0.25, 0.3) is 0 Å². The quantitative estimate of drug-likeness (QED) is 0.262. The third-order valence-electron chi connectivity index (χ3n) is 4.95. The van der Waals surface area contributed by atoms with Gasteiger partial charge in [-0.2, -0.15) is 9.97 Å². The van der Waals surface area contributed by atoms with Crippen LogP contribution in [0.25, 0.3) is 28.9 Å². The second kappa shape index (κ2) is 11.0. The molecule has 1 aromatic heterocycles. The fourth-order valence-electron chi connectivity index (χ4n) is 3.19. The molecule has 0 aliphatic rings. The van der Waals surface area contributed by atoms with Crippen LogP contribution in [0.4, 0.5) is 16.0 Å². The van der Waals surface area contributed by atoms with Gasteiger partial charge in [-0.15, -0.1) is 0 Å². The van der Waals surface area contributed by atoms with E-state index in [1.807, 2.05) is 48.5 Å². The molecule has 0 bridgehead atoms. The number of benzene rings is 3. The number of hydrogen-bond donors (Lipinski definition) is 1. The van der Waals surface area contributed by atoms with Gasteiger partial charge < -0.3 is 14.8 Å². The van der Waals surface area contributed by atoms with Crippen molar-refractivity contribution in [1.82, 2.24) is 15.0 Å². The van der Waals surface area contributed by atoms with Gasteiger partial charge in [0, 0.05) is 22.9 Å². The van der Waals surface area contributed by atoms with Crippen molar-refractivity contribution in [2.45, 2.75) is 6.92 Å². The molecule has 4 rings (SSSR count). The standard InChI is InChI=1S/C27H23FN4O3/c1-3-35-24(33)17-6-18-4-13-22(14-5-18)29-27-31-25(19-7-11-21(28)12-8-19)30-26(32-27)20-9-15-23(34-2)16-10-20/h4-17H,3H2,1-2H3,(H,29,30,31,32)/b17-6+. The van der Waals surface area contributed by atoms with Crippen molar-refractivity contribution in [3.63, 3.8) is 0 Å². The summed E-state index contributed by atoms with van der Waals surface area (Å²) in [6.07, 6.45) is 3.06. The van der Waals surface area contributed by atoms with Gasteiger partial charge in [0.1, 0.15) is 11.6 Å². The van der Waals surface area contributed by atoms with E-state index in [1.54, 1.807) is 32.2 Å². The smallest absolute Gasteiger partial charge is 0.330 e. The highest BCUT2D eigenvalue weighted by atomic mass is 19.1. The average molecular weight is 471 g/mol. The highest BCUT2D eigenvalue weighted by Gasteiger charge is 2.11.